The van der Waals surface area contributed by atoms with Crippen molar-refractivity contribution in [3.63, 3.8) is 0 Å². The molecule has 0 bridgehead atoms. The maximum Gasteiger partial charge on any atom is 0.120 e. The Balaban J connectivity index is 2.22. The number of hydrogen-bond acceptors (Lipinski definition) is 1. The molecule has 100 valence electrons. The first-order valence-electron chi connectivity index (χ1n) is 6.63. The van der Waals surface area contributed by atoms with E-state index in [2.05, 4.69) is 57.0 Å². The van der Waals surface area contributed by atoms with Crippen molar-refractivity contribution in [3.8, 4) is 5.75 Å². The van der Waals surface area contributed by atoms with Crippen molar-refractivity contribution in [2.24, 2.45) is 5.41 Å². The lowest BCUT2D eigenvalue weighted by atomic mass is 9.82. The molecule has 1 atom stereocenters. The zero-order valence-corrected chi connectivity index (χ0v) is 14.2. The minimum atomic E-state index is 0.385. The molecule has 1 aliphatic rings. The molecule has 1 aromatic rings. The Morgan fingerprint density at radius 2 is 2.00 bits per heavy atom. The van der Waals surface area contributed by atoms with Crippen LogP contribution in [0, 0.1) is 5.41 Å². The first-order valence-corrected chi connectivity index (χ1v) is 8.34. The summed E-state index contributed by atoms with van der Waals surface area (Å²) in [4.78, 5) is 0.414. The van der Waals surface area contributed by atoms with Crippen LogP contribution in [0.2, 0.25) is 0 Å². The third-order valence-corrected chi connectivity index (χ3v) is 6.20. The predicted octanol–water partition coefficient (Wildman–Crippen LogP) is 5.86. The van der Waals surface area contributed by atoms with Gasteiger partial charge in [0, 0.05) is 9.30 Å². The Bertz CT molecular complexity index is 411. The molecule has 0 heterocycles. The van der Waals surface area contributed by atoms with Crippen LogP contribution in [0.4, 0.5) is 0 Å². The Hall–Kier alpha value is -0.0200. The Morgan fingerprint density at radius 1 is 1.33 bits per heavy atom. The first-order chi connectivity index (χ1) is 8.57. The normalized spacial score (nSPS) is 19.8. The van der Waals surface area contributed by atoms with E-state index in [1.165, 1.54) is 31.2 Å². The molecule has 1 fully saturated rings. The van der Waals surface area contributed by atoms with Crippen LogP contribution in [0.1, 0.15) is 49.9 Å². The van der Waals surface area contributed by atoms with E-state index in [9.17, 15) is 0 Å². The van der Waals surface area contributed by atoms with Gasteiger partial charge in [0.25, 0.3) is 0 Å². The average Bonchev–Trinajstić information content (AvgIpc) is 2.77. The first kappa shape index (κ1) is 14.4. The summed E-state index contributed by atoms with van der Waals surface area (Å²) in [6.07, 6.45) is 5.33. The molecule has 0 saturated heterocycles. The zero-order valence-electron chi connectivity index (χ0n) is 11.0. The lowest BCUT2D eigenvalue weighted by Gasteiger charge is -2.31. The molecule has 3 heteroatoms. The topological polar surface area (TPSA) is 9.23 Å². The highest BCUT2D eigenvalue weighted by molar-refractivity contribution is 9.11. The second kappa shape index (κ2) is 5.96. The Kier molecular flexibility index (Phi) is 4.76. The third kappa shape index (κ3) is 2.93. The summed E-state index contributed by atoms with van der Waals surface area (Å²) in [6, 6.07) is 6.32. The van der Waals surface area contributed by atoms with Crippen LogP contribution in [-0.2, 0) is 0 Å². The smallest absolute Gasteiger partial charge is 0.120 e. The van der Waals surface area contributed by atoms with Gasteiger partial charge in [-0.1, -0.05) is 57.7 Å². The van der Waals surface area contributed by atoms with Crippen molar-refractivity contribution in [3.05, 3.63) is 28.2 Å². The summed E-state index contributed by atoms with van der Waals surface area (Å²) >= 11 is 7.59. The van der Waals surface area contributed by atoms with E-state index < -0.39 is 0 Å². The largest absolute Gasteiger partial charge is 0.494 e. The summed E-state index contributed by atoms with van der Waals surface area (Å²) in [5, 5.41) is 0. The van der Waals surface area contributed by atoms with Crippen molar-refractivity contribution in [2.75, 3.05) is 6.61 Å². The monoisotopic (exact) mass is 374 g/mol. The van der Waals surface area contributed by atoms with Crippen LogP contribution in [0.5, 0.6) is 5.75 Å². The minimum Gasteiger partial charge on any atom is -0.494 e. The summed E-state index contributed by atoms with van der Waals surface area (Å²) in [6.45, 7) is 5.11. The SMILES string of the molecule is CCOc1ccc(C(Br)C2(C)CCCC2)c(Br)c1. The average molecular weight is 376 g/mol. The molecule has 1 aliphatic carbocycles. The van der Waals surface area contributed by atoms with E-state index in [0.29, 0.717) is 16.8 Å². The molecule has 0 radical (unpaired) electrons. The van der Waals surface area contributed by atoms with E-state index in [1.54, 1.807) is 0 Å². The molecule has 0 aliphatic heterocycles. The fourth-order valence-corrected chi connectivity index (χ4v) is 4.53. The molecule has 0 N–H and O–H groups in total. The maximum atomic E-state index is 5.53. The summed E-state index contributed by atoms with van der Waals surface area (Å²) in [5.41, 5.74) is 1.72. The molecule has 0 spiro atoms. The maximum absolute atomic E-state index is 5.53. The van der Waals surface area contributed by atoms with Gasteiger partial charge < -0.3 is 4.74 Å². The van der Waals surface area contributed by atoms with Crippen LogP contribution in [-0.4, -0.2) is 6.61 Å². The van der Waals surface area contributed by atoms with Crippen LogP contribution in [0.3, 0.4) is 0 Å². The van der Waals surface area contributed by atoms with Gasteiger partial charge in [0.05, 0.1) is 6.61 Å². The van der Waals surface area contributed by atoms with Crippen molar-refractivity contribution < 1.29 is 4.74 Å². The van der Waals surface area contributed by atoms with E-state index in [1.807, 2.05) is 6.92 Å². The quantitative estimate of drug-likeness (QED) is 0.598. The van der Waals surface area contributed by atoms with Gasteiger partial charge in [-0.2, -0.15) is 0 Å². The summed E-state index contributed by atoms with van der Waals surface area (Å²) in [7, 11) is 0. The van der Waals surface area contributed by atoms with Gasteiger partial charge in [0.2, 0.25) is 0 Å². The van der Waals surface area contributed by atoms with Crippen molar-refractivity contribution in [1.29, 1.82) is 0 Å². The number of hydrogen-bond donors (Lipinski definition) is 0. The number of rotatable bonds is 4. The van der Waals surface area contributed by atoms with Gasteiger partial charge >= 0.3 is 0 Å². The number of benzene rings is 1. The van der Waals surface area contributed by atoms with E-state index in [4.69, 9.17) is 4.74 Å². The van der Waals surface area contributed by atoms with E-state index >= 15 is 0 Å². The van der Waals surface area contributed by atoms with Crippen molar-refractivity contribution in [2.45, 2.75) is 44.4 Å². The van der Waals surface area contributed by atoms with Gasteiger partial charge in [-0.25, -0.2) is 0 Å². The highest BCUT2D eigenvalue weighted by Gasteiger charge is 2.37. The predicted molar refractivity (Wildman–Crippen MR) is 83.6 cm³/mol. The summed E-state index contributed by atoms with van der Waals surface area (Å²) in [5.74, 6) is 0.935. The lowest BCUT2D eigenvalue weighted by Crippen LogP contribution is -2.18. The van der Waals surface area contributed by atoms with Gasteiger partial charge in [-0.05, 0) is 42.9 Å². The Labute approximate surface area is 127 Å². The number of alkyl halides is 1. The lowest BCUT2D eigenvalue weighted by molar-refractivity contribution is 0.328. The molecule has 1 unspecified atom stereocenters. The standard InChI is InChI=1S/C15H20Br2O/c1-3-18-11-6-7-12(13(16)10-11)14(17)15(2)8-4-5-9-15/h6-7,10,14H,3-5,8-9H2,1-2H3. The van der Waals surface area contributed by atoms with Gasteiger partial charge in [-0.15, -0.1) is 0 Å². The van der Waals surface area contributed by atoms with Gasteiger partial charge in [0.15, 0.2) is 0 Å². The van der Waals surface area contributed by atoms with E-state index in [0.717, 1.165) is 10.2 Å². The molecule has 0 amide bonds. The number of ether oxygens (including phenoxy) is 1. The fraction of sp³-hybridized carbons (Fsp3) is 0.600. The molecule has 1 aromatic carbocycles. The summed E-state index contributed by atoms with van der Waals surface area (Å²) < 4.78 is 6.67. The molecule has 2 rings (SSSR count). The van der Waals surface area contributed by atoms with E-state index in [-0.39, 0.29) is 0 Å². The van der Waals surface area contributed by atoms with Crippen LogP contribution in [0.25, 0.3) is 0 Å². The Morgan fingerprint density at radius 3 is 2.56 bits per heavy atom. The second-order valence-corrected chi connectivity index (χ2v) is 7.11. The van der Waals surface area contributed by atoms with Crippen LogP contribution in [0.15, 0.2) is 22.7 Å². The molecular formula is C15H20Br2O. The second-order valence-electron chi connectivity index (χ2n) is 5.34. The highest BCUT2D eigenvalue weighted by atomic mass is 79.9. The molecular weight excluding hydrogens is 356 g/mol. The zero-order chi connectivity index (χ0) is 13.2. The van der Waals surface area contributed by atoms with Gasteiger partial charge in [-0.3, -0.25) is 0 Å². The van der Waals surface area contributed by atoms with Gasteiger partial charge in [0.1, 0.15) is 5.75 Å². The van der Waals surface area contributed by atoms with Crippen LogP contribution < -0.4 is 4.74 Å². The third-order valence-electron chi connectivity index (χ3n) is 3.91. The number of halogens is 2. The molecule has 0 aromatic heterocycles. The highest BCUT2D eigenvalue weighted by Crippen LogP contribution is 2.53. The molecule has 1 saturated carbocycles. The van der Waals surface area contributed by atoms with Crippen molar-refractivity contribution in [1.82, 2.24) is 0 Å². The van der Waals surface area contributed by atoms with Crippen molar-refractivity contribution >= 4 is 31.9 Å². The fourth-order valence-electron chi connectivity index (χ4n) is 2.78. The minimum absolute atomic E-state index is 0.385. The molecule has 1 nitrogen and oxygen atoms in total. The molecule has 18 heavy (non-hydrogen) atoms. The van der Waals surface area contributed by atoms with Crippen LogP contribution >= 0.6 is 31.9 Å².